The van der Waals surface area contributed by atoms with Crippen LogP contribution in [0.25, 0.3) is 0 Å². The molecular weight excluding hydrogens is 291 g/mol. The van der Waals surface area contributed by atoms with Gasteiger partial charge in [-0.25, -0.2) is 4.98 Å². The van der Waals surface area contributed by atoms with Gasteiger partial charge >= 0.3 is 0 Å². The van der Waals surface area contributed by atoms with Crippen molar-refractivity contribution < 1.29 is 9.53 Å². The van der Waals surface area contributed by atoms with Gasteiger partial charge in [-0.05, 0) is 6.07 Å². The monoisotopic (exact) mass is 310 g/mol. The molecule has 3 N–H and O–H groups in total. The predicted molar refractivity (Wildman–Crippen MR) is 81.5 cm³/mol. The Morgan fingerprint density at radius 2 is 2.16 bits per heavy atom. The van der Waals surface area contributed by atoms with Gasteiger partial charge in [0.05, 0.1) is 6.61 Å². The maximum atomic E-state index is 11.6. The van der Waals surface area contributed by atoms with Crippen molar-refractivity contribution in [2.75, 3.05) is 38.0 Å². The number of hydrogen-bond acceptors (Lipinski definition) is 5. The predicted octanol–water partition coefficient (Wildman–Crippen LogP) is 0.903. The van der Waals surface area contributed by atoms with Crippen LogP contribution in [0.3, 0.4) is 0 Å². The number of hydrogen-bond donors (Lipinski definition) is 2. The number of pyridine rings is 1. The van der Waals surface area contributed by atoms with Crippen LogP contribution in [0, 0.1) is 0 Å². The summed E-state index contributed by atoms with van der Waals surface area (Å²) in [6.07, 6.45) is 1.63. The minimum Gasteiger partial charge on any atom is -0.383 e. The first kappa shape index (κ1) is 20.2. The smallest absolute Gasteiger partial charge is 0.243 e. The quantitative estimate of drug-likeness (QED) is 0.844. The fourth-order valence-corrected chi connectivity index (χ4v) is 1.23. The van der Waals surface area contributed by atoms with E-state index in [2.05, 4.69) is 10.3 Å². The van der Waals surface area contributed by atoms with Gasteiger partial charge in [-0.2, -0.15) is 0 Å². The lowest BCUT2D eigenvalue weighted by Crippen LogP contribution is -2.39. The van der Waals surface area contributed by atoms with Gasteiger partial charge in [0.1, 0.15) is 11.9 Å². The van der Waals surface area contributed by atoms with Crippen molar-refractivity contribution >= 4 is 42.2 Å². The molecule has 110 valence electrons. The van der Waals surface area contributed by atoms with Gasteiger partial charge in [0.2, 0.25) is 5.91 Å². The molecule has 1 aromatic rings. The van der Waals surface area contributed by atoms with E-state index in [1.807, 2.05) is 19.0 Å². The van der Waals surface area contributed by atoms with Crippen molar-refractivity contribution in [3.8, 4) is 0 Å². The summed E-state index contributed by atoms with van der Waals surface area (Å²) in [5.74, 6) is 0.492. The lowest BCUT2D eigenvalue weighted by Gasteiger charge is -2.14. The summed E-state index contributed by atoms with van der Waals surface area (Å²) in [6, 6.07) is 2.82. The number of aromatic nitrogens is 1. The first-order chi connectivity index (χ1) is 8.04. The number of anilines is 2. The van der Waals surface area contributed by atoms with E-state index >= 15 is 0 Å². The van der Waals surface area contributed by atoms with Gasteiger partial charge in [0.15, 0.2) is 0 Å². The maximum Gasteiger partial charge on any atom is 0.243 e. The number of carbonyl (C=O) groups excluding carboxylic acids is 1. The molecule has 1 unspecified atom stereocenters. The molecule has 19 heavy (non-hydrogen) atoms. The SMILES string of the molecule is COCC(N)C(=O)Nc1ccnc(N(C)C)c1.Cl.Cl. The van der Waals surface area contributed by atoms with Crippen LogP contribution in [0.15, 0.2) is 18.3 Å². The molecule has 6 nitrogen and oxygen atoms in total. The van der Waals surface area contributed by atoms with Crippen molar-refractivity contribution in [3.05, 3.63) is 18.3 Å². The highest BCUT2D eigenvalue weighted by atomic mass is 35.5. The molecular formula is C11H20Cl2N4O2. The van der Waals surface area contributed by atoms with Crippen molar-refractivity contribution in [1.29, 1.82) is 0 Å². The number of amides is 1. The minimum atomic E-state index is -0.670. The van der Waals surface area contributed by atoms with E-state index in [0.29, 0.717) is 5.69 Å². The molecule has 8 heteroatoms. The molecule has 1 rings (SSSR count). The van der Waals surface area contributed by atoms with Gasteiger partial charge in [0.25, 0.3) is 0 Å². The third kappa shape index (κ3) is 6.58. The number of halogens is 2. The molecule has 0 bridgehead atoms. The number of nitrogens with two attached hydrogens (primary N) is 1. The van der Waals surface area contributed by atoms with Crippen LogP contribution in [0.2, 0.25) is 0 Å². The highest BCUT2D eigenvalue weighted by molar-refractivity contribution is 5.95. The normalized spacial score (nSPS) is 10.7. The Bertz CT molecular complexity index is 391. The lowest BCUT2D eigenvalue weighted by molar-refractivity contribution is -0.118. The Hall–Kier alpha value is -1.08. The Balaban J connectivity index is 0. The molecule has 0 fully saturated rings. The van der Waals surface area contributed by atoms with Gasteiger partial charge < -0.3 is 20.7 Å². The van der Waals surface area contributed by atoms with Crippen molar-refractivity contribution in [1.82, 2.24) is 4.98 Å². The highest BCUT2D eigenvalue weighted by Crippen LogP contribution is 2.13. The summed E-state index contributed by atoms with van der Waals surface area (Å²) in [5.41, 5.74) is 6.28. The Labute approximate surface area is 125 Å². The first-order valence-corrected chi connectivity index (χ1v) is 5.23. The Morgan fingerprint density at radius 3 is 2.68 bits per heavy atom. The molecule has 0 saturated heterocycles. The Kier molecular flexibility index (Phi) is 10.4. The van der Waals surface area contributed by atoms with E-state index in [4.69, 9.17) is 10.5 Å². The fraction of sp³-hybridized carbons (Fsp3) is 0.455. The number of nitrogens with one attached hydrogen (secondary N) is 1. The number of ether oxygens (including phenoxy) is 1. The fourth-order valence-electron chi connectivity index (χ4n) is 1.23. The average Bonchev–Trinajstić information content (AvgIpc) is 2.29. The van der Waals surface area contributed by atoms with Crippen LogP contribution in [0.5, 0.6) is 0 Å². The van der Waals surface area contributed by atoms with Crippen LogP contribution < -0.4 is 16.0 Å². The second kappa shape index (κ2) is 9.80. The minimum absolute atomic E-state index is 0. The second-order valence-electron chi connectivity index (χ2n) is 3.85. The molecule has 0 aliphatic rings. The van der Waals surface area contributed by atoms with Crippen LogP contribution in [0.1, 0.15) is 0 Å². The molecule has 0 aromatic carbocycles. The highest BCUT2D eigenvalue weighted by Gasteiger charge is 2.13. The molecule has 0 aliphatic carbocycles. The van der Waals surface area contributed by atoms with Gasteiger partial charge in [-0.3, -0.25) is 4.79 Å². The summed E-state index contributed by atoms with van der Waals surface area (Å²) in [5, 5.41) is 2.71. The number of carbonyl (C=O) groups is 1. The maximum absolute atomic E-state index is 11.6. The summed E-state index contributed by atoms with van der Waals surface area (Å²) >= 11 is 0. The second-order valence-corrected chi connectivity index (χ2v) is 3.85. The van der Waals surface area contributed by atoms with Gasteiger partial charge in [-0.1, -0.05) is 0 Å². The molecule has 0 saturated carbocycles. The summed E-state index contributed by atoms with van der Waals surface area (Å²) < 4.78 is 4.82. The van der Waals surface area contributed by atoms with Crippen LogP contribution in [-0.2, 0) is 9.53 Å². The molecule has 1 atom stereocenters. The third-order valence-electron chi connectivity index (χ3n) is 2.15. The van der Waals surface area contributed by atoms with Crippen molar-refractivity contribution in [3.63, 3.8) is 0 Å². The topological polar surface area (TPSA) is 80.5 Å². The first-order valence-electron chi connectivity index (χ1n) is 5.23. The van der Waals surface area contributed by atoms with Crippen molar-refractivity contribution in [2.24, 2.45) is 5.73 Å². The number of rotatable bonds is 5. The van der Waals surface area contributed by atoms with E-state index in [1.54, 1.807) is 18.3 Å². The summed E-state index contributed by atoms with van der Waals surface area (Å²) in [4.78, 5) is 17.6. The zero-order valence-electron chi connectivity index (χ0n) is 11.1. The van der Waals surface area contributed by atoms with E-state index in [9.17, 15) is 4.79 Å². The van der Waals surface area contributed by atoms with Crippen LogP contribution >= 0.6 is 24.8 Å². The van der Waals surface area contributed by atoms with Gasteiger partial charge in [-0.15, -0.1) is 24.8 Å². The van der Waals surface area contributed by atoms with E-state index in [0.717, 1.165) is 5.82 Å². The molecule has 0 aliphatic heterocycles. The van der Waals surface area contributed by atoms with E-state index < -0.39 is 6.04 Å². The molecule has 1 aromatic heterocycles. The number of nitrogens with zero attached hydrogens (tertiary/aromatic N) is 2. The largest absolute Gasteiger partial charge is 0.383 e. The van der Waals surface area contributed by atoms with E-state index in [1.165, 1.54) is 7.11 Å². The average molecular weight is 311 g/mol. The lowest BCUT2D eigenvalue weighted by atomic mass is 10.3. The molecule has 1 heterocycles. The zero-order valence-corrected chi connectivity index (χ0v) is 12.8. The van der Waals surface area contributed by atoms with Crippen molar-refractivity contribution in [2.45, 2.75) is 6.04 Å². The molecule has 0 spiro atoms. The number of methoxy groups -OCH3 is 1. The molecule has 1 amide bonds. The Morgan fingerprint density at radius 1 is 1.53 bits per heavy atom. The zero-order chi connectivity index (χ0) is 12.8. The molecule has 0 radical (unpaired) electrons. The van der Waals surface area contributed by atoms with E-state index in [-0.39, 0.29) is 37.3 Å². The third-order valence-corrected chi connectivity index (χ3v) is 2.15. The standard InChI is InChI=1S/C11H18N4O2.2ClH/c1-15(2)10-6-8(4-5-13-10)14-11(16)9(12)7-17-3;;/h4-6,9H,7,12H2,1-3H3,(H,13,14,16);2*1H. The summed E-state index contributed by atoms with van der Waals surface area (Å²) in [7, 11) is 5.26. The van der Waals surface area contributed by atoms with Crippen LogP contribution in [0.4, 0.5) is 11.5 Å². The van der Waals surface area contributed by atoms with Gasteiger partial charge in [0, 0.05) is 39.2 Å². The van der Waals surface area contributed by atoms with Crippen LogP contribution in [-0.4, -0.2) is 44.7 Å². The summed E-state index contributed by atoms with van der Waals surface area (Å²) in [6.45, 7) is 0.192.